The van der Waals surface area contributed by atoms with Crippen molar-refractivity contribution in [1.29, 1.82) is 0 Å². The Balaban J connectivity index is 2.20. The minimum atomic E-state index is -0.0265. The second-order valence-corrected chi connectivity index (χ2v) is 8.36. The normalized spacial score (nSPS) is 12.7. The number of halogens is 1. The quantitative estimate of drug-likeness (QED) is 0.424. The first kappa shape index (κ1) is 21.1. The van der Waals surface area contributed by atoms with E-state index in [2.05, 4.69) is 38.3 Å². The van der Waals surface area contributed by atoms with Crippen molar-refractivity contribution in [3.8, 4) is 0 Å². The van der Waals surface area contributed by atoms with E-state index < -0.39 is 0 Å². The maximum absolute atomic E-state index is 6.18. The molecule has 0 aliphatic heterocycles. The smallest absolute Gasteiger partial charge is 0.225 e. The molecule has 1 aromatic carbocycles. The molecule has 156 valence electrons. The molecule has 0 aliphatic rings. The number of nitrogens with two attached hydrogens (primary N) is 2. The van der Waals surface area contributed by atoms with Gasteiger partial charge >= 0.3 is 0 Å². The average Bonchev–Trinajstić information content (AvgIpc) is 2.99. The molecule has 9 heteroatoms. The number of nitrogen functional groups attached to an aromatic ring is 1. The summed E-state index contributed by atoms with van der Waals surface area (Å²) >= 11 is 6.18. The second-order valence-electron chi connectivity index (χ2n) is 7.93. The minimum Gasteiger partial charge on any atom is -0.399 e. The van der Waals surface area contributed by atoms with Crippen LogP contribution in [0.2, 0.25) is 5.02 Å². The van der Waals surface area contributed by atoms with E-state index in [4.69, 9.17) is 38.1 Å². The summed E-state index contributed by atoms with van der Waals surface area (Å²) < 4.78 is 1.95. The summed E-state index contributed by atoms with van der Waals surface area (Å²) in [7, 11) is 0. The molecule has 0 aliphatic carbocycles. The van der Waals surface area contributed by atoms with Crippen LogP contribution in [-0.4, -0.2) is 32.3 Å². The number of anilines is 4. The molecule has 1 unspecified atom stereocenters. The number of hydrogen-bond acceptors (Lipinski definition) is 7. The first-order chi connectivity index (χ1) is 13.7. The molecule has 29 heavy (non-hydrogen) atoms. The Hall–Kier alpha value is -2.58. The van der Waals surface area contributed by atoms with Gasteiger partial charge in [0, 0.05) is 35.0 Å². The van der Waals surface area contributed by atoms with E-state index in [-0.39, 0.29) is 18.0 Å². The van der Waals surface area contributed by atoms with E-state index in [0.29, 0.717) is 29.0 Å². The van der Waals surface area contributed by atoms with Crippen LogP contribution in [0.5, 0.6) is 0 Å². The predicted molar refractivity (Wildman–Crippen MR) is 121 cm³/mol. The van der Waals surface area contributed by atoms with Crippen LogP contribution in [0.25, 0.3) is 11.0 Å². The molecule has 0 saturated carbocycles. The number of benzene rings is 1. The van der Waals surface area contributed by atoms with Crippen LogP contribution in [0.15, 0.2) is 18.2 Å². The van der Waals surface area contributed by atoms with Gasteiger partial charge in [-0.3, -0.25) is 4.68 Å². The van der Waals surface area contributed by atoms with Crippen molar-refractivity contribution in [2.24, 2.45) is 5.73 Å². The van der Waals surface area contributed by atoms with Crippen LogP contribution in [0.3, 0.4) is 0 Å². The fourth-order valence-corrected chi connectivity index (χ4v) is 3.31. The van der Waals surface area contributed by atoms with Gasteiger partial charge in [0.05, 0.1) is 5.69 Å². The van der Waals surface area contributed by atoms with Gasteiger partial charge in [0.15, 0.2) is 5.82 Å². The highest BCUT2D eigenvalue weighted by molar-refractivity contribution is 6.31. The number of aromatic nitrogens is 4. The zero-order valence-corrected chi connectivity index (χ0v) is 18.2. The van der Waals surface area contributed by atoms with Crippen LogP contribution < -0.4 is 22.1 Å². The average molecular weight is 417 g/mol. The topological polar surface area (TPSA) is 120 Å². The first-order valence-corrected chi connectivity index (χ1v) is 10.2. The predicted octanol–water partition coefficient (Wildman–Crippen LogP) is 4.27. The molecular formula is C20H29ClN8. The van der Waals surface area contributed by atoms with Crippen molar-refractivity contribution in [3.63, 3.8) is 0 Å². The van der Waals surface area contributed by atoms with Crippen LogP contribution in [0.4, 0.5) is 23.1 Å². The summed E-state index contributed by atoms with van der Waals surface area (Å²) in [5.41, 5.74) is 15.7. The Labute approximate surface area is 176 Å². The molecule has 3 rings (SSSR count). The molecule has 1 atom stereocenters. The standard InChI is InChI=1S/C20H29ClN8/c1-10(2)16-17-18(29(28-16)11(3)4)19(27-20(26-17)24-9-12(5)22)25-15-7-13(21)6-14(23)8-15/h6-8,10-12H,9,22-23H2,1-5H3,(H2,24,25,26,27). The Bertz CT molecular complexity index is 989. The van der Waals surface area contributed by atoms with Crippen LogP contribution in [-0.2, 0) is 0 Å². The zero-order chi connectivity index (χ0) is 21.3. The van der Waals surface area contributed by atoms with Gasteiger partial charge in [-0.25, -0.2) is 4.98 Å². The number of nitrogens with zero attached hydrogens (tertiary/aromatic N) is 4. The number of fused-ring (bicyclic) bond motifs is 1. The minimum absolute atomic E-state index is 0.0265. The van der Waals surface area contributed by atoms with Crippen molar-refractivity contribution in [3.05, 3.63) is 28.9 Å². The fourth-order valence-electron chi connectivity index (χ4n) is 3.07. The molecule has 2 heterocycles. The summed E-state index contributed by atoms with van der Waals surface area (Å²) in [6.07, 6.45) is 0. The van der Waals surface area contributed by atoms with E-state index >= 15 is 0 Å². The highest BCUT2D eigenvalue weighted by Crippen LogP contribution is 2.33. The summed E-state index contributed by atoms with van der Waals surface area (Å²) in [5.74, 6) is 1.35. The Kier molecular flexibility index (Phi) is 6.14. The Morgan fingerprint density at radius 3 is 2.41 bits per heavy atom. The molecule has 0 radical (unpaired) electrons. The molecule has 6 N–H and O–H groups in total. The number of nitrogens with one attached hydrogen (secondary N) is 2. The molecule has 0 amide bonds. The number of hydrogen-bond donors (Lipinski definition) is 4. The van der Waals surface area contributed by atoms with Gasteiger partial charge < -0.3 is 22.1 Å². The molecular weight excluding hydrogens is 388 g/mol. The lowest BCUT2D eigenvalue weighted by atomic mass is 10.1. The van der Waals surface area contributed by atoms with Crippen molar-refractivity contribution < 1.29 is 0 Å². The molecule has 0 spiro atoms. The Morgan fingerprint density at radius 1 is 1.10 bits per heavy atom. The monoisotopic (exact) mass is 416 g/mol. The maximum atomic E-state index is 6.18. The second kappa shape index (κ2) is 8.42. The van der Waals surface area contributed by atoms with Gasteiger partial charge in [0.1, 0.15) is 11.0 Å². The van der Waals surface area contributed by atoms with Gasteiger partial charge in [0.2, 0.25) is 5.95 Å². The van der Waals surface area contributed by atoms with Crippen molar-refractivity contribution in [1.82, 2.24) is 19.7 Å². The van der Waals surface area contributed by atoms with Crippen LogP contribution in [0.1, 0.15) is 52.3 Å². The molecule has 2 aromatic heterocycles. The summed E-state index contributed by atoms with van der Waals surface area (Å²) in [4.78, 5) is 9.47. The molecule has 0 saturated heterocycles. The van der Waals surface area contributed by atoms with Crippen LogP contribution >= 0.6 is 11.6 Å². The van der Waals surface area contributed by atoms with Gasteiger partial charge in [-0.15, -0.1) is 0 Å². The molecule has 0 fully saturated rings. The Morgan fingerprint density at radius 2 is 1.83 bits per heavy atom. The SMILES string of the molecule is CC(N)CNc1nc(Nc2cc(N)cc(Cl)c2)c2c(n1)c(C(C)C)nn2C(C)C. The van der Waals surface area contributed by atoms with Gasteiger partial charge in [0.25, 0.3) is 0 Å². The third-order valence-corrected chi connectivity index (χ3v) is 4.59. The lowest BCUT2D eigenvalue weighted by Crippen LogP contribution is -2.26. The van der Waals surface area contributed by atoms with E-state index in [1.807, 2.05) is 17.7 Å². The highest BCUT2D eigenvalue weighted by atomic mass is 35.5. The molecule has 8 nitrogen and oxygen atoms in total. The number of rotatable bonds is 7. The maximum Gasteiger partial charge on any atom is 0.225 e. The summed E-state index contributed by atoms with van der Waals surface area (Å²) in [6.45, 7) is 10.9. The summed E-state index contributed by atoms with van der Waals surface area (Å²) in [5, 5.41) is 12.0. The van der Waals surface area contributed by atoms with E-state index in [9.17, 15) is 0 Å². The molecule has 0 bridgehead atoms. The highest BCUT2D eigenvalue weighted by Gasteiger charge is 2.22. The van der Waals surface area contributed by atoms with E-state index in [1.54, 1.807) is 12.1 Å². The van der Waals surface area contributed by atoms with Crippen molar-refractivity contribution >= 4 is 45.8 Å². The van der Waals surface area contributed by atoms with Gasteiger partial charge in [-0.1, -0.05) is 25.4 Å². The summed E-state index contributed by atoms with van der Waals surface area (Å²) in [6, 6.07) is 5.44. The van der Waals surface area contributed by atoms with E-state index in [0.717, 1.165) is 22.4 Å². The third kappa shape index (κ3) is 4.71. The van der Waals surface area contributed by atoms with Crippen molar-refractivity contribution in [2.75, 3.05) is 22.9 Å². The molecule has 3 aromatic rings. The van der Waals surface area contributed by atoms with Crippen LogP contribution in [0, 0.1) is 0 Å². The first-order valence-electron chi connectivity index (χ1n) is 9.78. The van der Waals surface area contributed by atoms with E-state index in [1.165, 1.54) is 0 Å². The zero-order valence-electron chi connectivity index (χ0n) is 17.5. The van der Waals surface area contributed by atoms with Gasteiger partial charge in [-0.05, 0) is 44.9 Å². The van der Waals surface area contributed by atoms with Crippen molar-refractivity contribution in [2.45, 2.75) is 52.6 Å². The largest absolute Gasteiger partial charge is 0.399 e. The van der Waals surface area contributed by atoms with Gasteiger partial charge in [-0.2, -0.15) is 10.1 Å². The fraction of sp³-hybridized carbons (Fsp3) is 0.450. The lowest BCUT2D eigenvalue weighted by Gasteiger charge is -2.14. The third-order valence-electron chi connectivity index (χ3n) is 4.37. The lowest BCUT2D eigenvalue weighted by molar-refractivity contribution is 0.539.